The topological polar surface area (TPSA) is 87.4 Å². The van der Waals surface area contributed by atoms with Gasteiger partial charge in [0.15, 0.2) is 0 Å². The van der Waals surface area contributed by atoms with Crippen molar-refractivity contribution >= 4 is 45.7 Å². The van der Waals surface area contributed by atoms with Crippen LogP contribution in [0.25, 0.3) is 10.9 Å². The van der Waals surface area contributed by atoms with Crippen molar-refractivity contribution in [2.75, 3.05) is 11.9 Å². The Hall–Kier alpha value is -2.12. The van der Waals surface area contributed by atoms with Crippen LogP contribution in [-0.2, 0) is 5.60 Å². The first-order chi connectivity index (χ1) is 15.1. The van der Waals surface area contributed by atoms with Crippen LogP contribution < -0.4 is 5.32 Å². The third-order valence-corrected chi connectivity index (χ3v) is 6.58. The molecule has 0 atom stereocenters. The highest BCUT2D eigenvalue weighted by Crippen LogP contribution is 2.35. The zero-order valence-corrected chi connectivity index (χ0v) is 19.6. The van der Waals surface area contributed by atoms with E-state index in [1.54, 1.807) is 32.0 Å². The number of carbonyl (C=O) groups is 1. The molecule has 0 radical (unpaired) electrons. The van der Waals surface area contributed by atoms with Crippen LogP contribution in [0.3, 0.4) is 0 Å². The Morgan fingerprint density at radius 3 is 2.38 bits per heavy atom. The number of carbonyl (C=O) groups excluding carboxylic acids is 1. The van der Waals surface area contributed by atoms with E-state index in [0.717, 1.165) is 36.6 Å². The Morgan fingerprint density at radius 1 is 1.12 bits per heavy atom. The maximum absolute atomic E-state index is 12.9. The second-order valence-electron chi connectivity index (χ2n) is 9.09. The van der Waals surface area contributed by atoms with Crippen molar-refractivity contribution in [1.29, 1.82) is 0 Å². The van der Waals surface area contributed by atoms with Gasteiger partial charge in [0.2, 0.25) is 0 Å². The minimum atomic E-state index is -1.19. The fourth-order valence-electron chi connectivity index (χ4n) is 4.36. The molecule has 6 nitrogen and oxygen atoms in total. The average molecular weight is 476 g/mol. The summed E-state index contributed by atoms with van der Waals surface area (Å²) in [6, 6.07) is 8.61. The summed E-state index contributed by atoms with van der Waals surface area (Å²) in [7, 11) is 0. The number of aromatic nitrogens is 2. The van der Waals surface area contributed by atoms with E-state index in [4.69, 9.17) is 28.3 Å². The van der Waals surface area contributed by atoms with Gasteiger partial charge >= 0.3 is 0 Å². The lowest BCUT2D eigenvalue weighted by Crippen LogP contribution is -2.21. The molecule has 1 saturated carbocycles. The number of anilines is 1. The molecule has 3 aromatic rings. The van der Waals surface area contributed by atoms with Crippen molar-refractivity contribution in [3.8, 4) is 0 Å². The van der Waals surface area contributed by atoms with Gasteiger partial charge in [-0.2, -0.15) is 5.10 Å². The largest absolute Gasteiger partial charge is 0.396 e. The van der Waals surface area contributed by atoms with E-state index < -0.39 is 5.60 Å². The van der Waals surface area contributed by atoms with Gasteiger partial charge in [0.05, 0.1) is 17.2 Å². The van der Waals surface area contributed by atoms with Crippen LogP contribution in [0.5, 0.6) is 0 Å². The third-order valence-electron chi connectivity index (χ3n) is 6.14. The number of rotatable bonds is 5. The fraction of sp³-hybridized carbons (Fsp3) is 0.417. The molecule has 1 heterocycles. The van der Waals surface area contributed by atoms with E-state index in [9.17, 15) is 15.0 Å². The second-order valence-corrected chi connectivity index (χ2v) is 9.97. The predicted molar refractivity (Wildman–Crippen MR) is 127 cm³/mol. The van der Waals surface area contributed by atoms with Crippen LogP contribution in [0.1, 0.15) is 61.5 Å². The SMILES string of the molecule is CC(C)(O)c1cc2nn([C@H]3CC[C@H](CO)CC3)cc2cc1NC(=O)c1cc(Cl)cc(Cl)c1. The van der Waals surface area contributed by atoms with E-state index in [1.807, 2.05) is 23.0 Å². The van der Waals surface area contributed by atoms with Gasteiger partial charge < -0.3 is 15.5 Å². The highest BCUT2D eigenvalue weighted by molar-refractivity contribution is 6.35. The Labute approximate surface area is 197 Å². The molecule has 2 aromatic carbocycles. The van der Waals surface area contributed by atoms with Crippen LogP contribution in [-0.4, -0.2) is 32.5 Å². The number of nitrogens with zero attached hydrogens (tertiary/aromatic N) is 2. The van der Waals surface area contributed by atoms with E-state index in [0.29, 0.717) is 32.8 Å². The number of hydrogen-bond donors (Lipinski definition) is 3. The van der Waals surface area contributed by atoms with Gasteiger partial charge in [-0.3, -0.25) is 9.48 Å². The number of benzene rings is 2. The molecular formula is C24H27Cl2N3O3. The first-order valence-corrected chi connectivity index (χ1v) is 11.5. The molecule has 0 saturated heterocycles. The number of aliphatic hydroxyl groups excluding tert-OH is 1. The molecule has 3 N–H and O–H groups in total. The van der Waals surface area contributed by atoms with Crippen molar-refractivity contribution in [2.45, 2.75) is 51.2 Å². The van der Waals surface area contributed by atoms with Crippen molar-refractivity contribution in [2.24, 2.45) is 5.92 Å². The minimum Gasteiger partial charge on any atom is -0.396 e. The Balaban J connectivity index is 1.67. The Kier molecular flexibility index (Phi) is 6.50. The molecular weight excluding hydrogens is 449 g/mol. The highest BCUT2D eigenvalue weighted by Gasteiger charge is 2.26. The molecule has 4 rings (SSSR count). The van der Waals surface area contributed by atoms with Crippen LogP contribution >= 0.6 is 23.2 Å². The highest BCUT2D eigenvalue weighted by atomic mass is 35.5. The summed E-state index contributed by atoms with van der Waals surface area (Å²) < 4.78 is 1.98. The first kappa shape index (κ1) is 23.1. The summed E-state index contributed by atoms with van der Waals surface area (Å²) in [6.07, 6.45) is 5.89. The number of nitrogens with one attached hydrogen (secondary N) is 1. The summed E-state index contributed by atoms with van der Waals surface area (Å²) >= 11 is 12.1. The van der Waals surface area contributed by atoms with Gasteiger partial charge in [-0.15, -0.1) is 0 Å². The monoisotopic (exact) mass is 475 g/mol. The number of aliphatic hydroxyl groups is 2. The summed E-state index contributed by atoms with van der Waals surface area (Å²) in [4.78, 5) is 12.9. The van der Waals surface area contributed by atoms with Gasteiger partial charge in [0.1, 0.15) is 0 Å². The quantitative estimate of drug-likeness (QED) is 0.451. The van der Waals surface area contributed by atoms with Gasteiger partial charge in [-0.05, 0) is 75.8 Å². The standard InChI is InChI=1S/C24H27Cl2N3O3/c1-24(2,32)20-11-21-16(12-29(28-21)19-5-3-14(13-30)4-6-19)9-22(20)27-23(31)15-7-17(25)10-18(26)8-15/h7-12,14,19,30,32H,3-6,13H2,1-2H3,(H,27,31)/t14-,19-. The molecule has 170 valence electrons. The van der Waals surface area contributed by atoms with Gasteiger partial charge in [-0.1, -0.05) is 23.2 Å². The fourth-order valence-corrected chi connectivity index (χ4v) is 4.88. The van der Waals surface area contributed by atoms with Gasteiger partial charge in [0.25, 0.3) is 5.91 Å². The van der Waals surface area contributed by atoms with Crippen LogP contribution in [0.15, 0.2) is 36.5 Å². The second kappa shape index (κ2) is 9.02. The summed E-state index contributed by atoms with van der Waals surface area (Å²) in [6.45, 7) is 3.59. The molecule has 1 fully saturated rings. The van der Waals surface area contributed by atoms with Crippen molar-refractivity contribution in [1.82, 2.24) is 9.78 Å². The minimum absolute atomic E-state index is 0.240. The summed E-state index contributed by atoms with van der Waals surface area (Å²) in [5.41, 5.74) is 0.984. The van der Waals surface area contributed by atoms with Gasteiger partial charge in [-0.25, -0.2) is 0 Å². The van der Waals surface area contributed by atoms with Crippen LogP contribution in [0.2, 0.25) is 10.0 Å². The molecule has 0 aliphatic heterocycles. The number of halogens is 2. The first-order valence-electron chi connectivity index (χ1n) is 10.8. The van der Waals surface area contributed by atoms with E-state index >= 15 is 0 Å². The molecule has 1 aliphatic rings. The molecule has 1 aliphatic carbocycles. The average Bonchev–Trinajstić information content (AvgIpc) is 3.15. The van der Waals surface area contributed by atoms with E-state index in [2.05, 4.69) is 5.32 Å². The zero-order chi connectivity index (χ0) is 23.0. The predicted octanol–water partition coefficient (Wildman–Crippen LogP) is 5.55. The summed E-state index contributed by atoms with van der Waals surface area (Å²) in [5, 5.41) is 29.4. The molecule has 32 heavy (non-hydrogen) atoms. The van der Waals surface area contributed by atoms with E-state index in [1.165, 1.54) is 0 Å². The molecule has 0 spiro atoms. The van der Waals surface area contributed by atoms with Crippen LogP contribution in [0, 0.1) is 5.92 Å². The maximum Gasteiger partial charge on any atom is 0.255 e. The normalized spacial score (nSPS) is 19.3. The molecule has 0 bridgehead atoms. The number of fused-ring (bicyclic) bond motifs is 1. The Bertz CT molecular complexity index is 1130. The third kappa shape index (κ3) is 4.94. The Morgan fingerprint density at radius 2 is 1.78 bits per heavy atom. The molecule has 1 aromatic heterocycles. The van der Waals surface area contributed by atoms with Crippen molar-refractivity contribution in [3.63, 3.8) is 0 Å². The van der Waals surface area contributed by atoms with Crippen molar-refractivity contribution in [3.05, 3.63) is 57.7 Å². The molecule has 8 heteroatoms. The lowest BCUT2D eigenvalue weighted by atomic mass is 9.87. The van der Waals surface area contributed by atoms with Crippen LogP contribution in [0.4, 0.5) is 5.69 Å². The summed E-state index contributed by atoms with van der Waals surface area (Å²) in [5.74, 6) is 0.00814. The lowest BCUT2D eigenvalue weighted by Gasteiger charge is -2.27. The number of amides is 1. The van der Waals surface area contributed by atoms with E-state index in [-0.39, 0.29) is 18.6 Å². The molecule has 0 unspecified atom stereocenters. The van der Waals surface area contributed by atoms with Gasteiger partial charge in [0, 0.05) is 45.0 Å². The smallest absolute Gasteiger partial charge is 0.255 e. The zero-order valence-electron chi connectivity index (χ0n) is 18.1. The molecule has 1 amide bonds. The lowest BCUT2D eigenvalue weighted by molar-refractivity contribution is 0.0794. The maximum atomic E-state index is 12.9. The number of hydrogen-bond acceptors (Lipinski definition) is 4. The van der Waals surface area contributed by atoms with Crippen molar-refractivity contribution < 1.29 is 15.0 Å².